The monoisotopic (exact) mass is 452 g/mol. The molecule has 2 amide bonds. The van der Waals surface area contributed by atoms with Crippen molar-refractivity contribution in [2.75, 3.05) is 13.2 Å². The molecule has 1 saturated heterocycles. The van der Waals surface area contributed by atoms with E-state index in [0.717, 1.165) is 11.1 Å². The molecule has 2 aliphatic rings. The highest BCUT2D eigenvalue weighted by atomic mass is 16.5. The lowest BCUT2D eigenvalue weighted by Crippen LogP contribution is -2.44. The summed E-state index contributed by atoms with van der Waals surface area (Å²) < 4.78 is 10.7. The molecule has 1 heterocycles. The van der Waals surface area contributed by atoms with Crippen molar-refractivity contribution in [3.8, 4) is 11.1 Å². The zero-order valence-electron chi connectivity index (χ0n) is 18.5. The molecule has 3 atom stereocenters. The van der Waals surface area contributed by atoms with Gasteiger partial charge < -0.3 is 25.2 Å². The fourth-order valence-electron chi connectivity index (χ4n) is 4.52. The molecule has 3 N–H and O–H groups in total. The summed E-state index contributed by atoms with van der Waals surface area (Å²) in [5.41, 5.74) is 4.62. The Morgan fingerprint density at radius 2 is 1.73 bits per heavy atom. The van der Waals surface area contributed by atoms with Crippen LogP contribution in [-0.4, -0.2) is 54.5 Å². The summed E-state index contributed by atoms with van der Waals surface area (Å²) in [6, 6.07) is 15.5. The molecule has 8 nitrogen and oxygen atoms in total. The minimum atomic E-state index is -1.08. The molecule has 1 aliphatic heterocycles. The van der Waals surface area contributed by atoms with E-state index in [9.17, 15) is 14.4 Å². The Bertz CT molecular complexity index is 994. The van der Waals surface area contributed by atoms with Crippen LogP contribution in [-0.2, 0) is 19.1 Å². The predicted molar refractivity (Wildman–Crippen MR) is 121 cm³/mol. The molecule has 0 saturated carbocycles. The lowest BCUT2D eigenvalue weighted by molar-refractivity contribution is -0.148. The maximum atomic E-state index is 12.4. The van der Waals surface area contributed by atoms with Gasteiger partial charge in [-0.25, -0.2) is 9.59 Å². The highest BCUT2D eigenvalue weighted by Gasteiger charge is 2.35. The van der Waals surface area contributed by atoms with Crippen molar-refractivity contribution >= 4 is 18.0 Å². The van der Waals surface area contributed by atoms with Gasteiger partial charge in [0.05, 0.1) is 6.04 Å². The van der Waals surface area contributed by atoms with E-state index in [1.54, 1.807) is 6.92 Å². The summed E-state index contributed by atoms with van der Waals surface area (Å²) in [6.45, 7) is 2.33. The van der Waals surface area contributed by atoms with Crippen LogP contribution in [0.3, 0.4) is 0 Å². The fourth-order valence-corrected chi connectivity index (χ4v) is 4.52. The number of carbonyl (C=O) groups is 3. The summed E-state index contributed by atoms with van der Waals surface area (Å²) in [4.78, 5) is 35.7. The van der Waals surface area contributed by atoms with Crippen molar-refractivity contribution in [3.63, 3.8) is 0 Å². The second kappa shape index (κ2) is 10.0. The Morgan fingerprint density at radius 1 is 1.09 bits per heavy atom. The summed E-state index contributed by atoms with van der Waals surface area (Å²) in [7, 11) is 0. The Morgan fingerprint density at radius 3 is 2.36 bits per heavy atom. The number of alkyl carbamates (subject to hydrolysis) is 1. The van der Waals surface area contributed by atoms with Gasteiger partial charge >= 0.3 is 12.1 Å². The first-order chi connectivity index (χ1) is 15.9. The van der Waals surface area contributed by atoms with Gasteiger partial charge in [0.15, 0.2) is 6.10 Å². The molecule has 1 unspecified atom stereocenters. The number of fused-ring (bicyclic) bond motifs is 3. The van der Waals surface area contributed by atoms with Crippen molar-refractivity contribution in [1.29, 1.82) is 0 Å². The summed E-state index contributed by atoms with van der Waals surface area (Å²) >= 11 is 0. The molecule has 0 radical (unpaired) electrons. The Hall–Kier alpha value is -3.39. The topological polar surface area (TPSA) is 114 Å². The van der Waals surface area contributed by atoms with Crippen LogP contribution >= 0.6 is 0 Å². The van der Waals surface area contributed by atoms with Crippen LogP contribution in [0.15, 0.2) is 48.5 Å². The van der Waals surface area contributed by atoms with E-state index >= 15 is 0 Å². The minimum Gasteiger partial charge on any atom is -0.479 e. The molecule has 8 heteroatoms. The van der Waals surface area contributed by atoms with Crippen molar-refractivity contribution < 1.29 is 29.0 Å². The zero-order valence-corrected chi connectivity index (χ0v) is 18.5. The summed E-state index contributed by atoms with van der Waals surface area (Å²) in [6.07, 6.45) is -0.504. The molecular formula is C25H28N2O6. The number of carbonyl (C=O) groups excluding carboxylic acids is 2. The lowest BCUT2D eigenvalue weighted by Gasteiger charge is -2.18. The van der Waals surface area contributed by atoms with Gasteiger partial charge in [-0.1, -0.05) is 48.5 Å². The van der Waals surface area contributed by atoms with Gasteiger partial charge in [0.2, 0.25) is 5.91 Å². The number of benzene rings is 2. The van der Waals surface area contributed by atoms with Crippen LogP contribution in [0.25, 0.3) is 11.1 Å². The summed E-state index contributed by atoms with van der Waals surface area (Å²) in [5, 5.41) is 14.6. The lowest BCUT2D eigenvalue weighted by atomic mass is 9.98. The van der Waals surface area contributed by atoms with Crippen LogP contribution in [0, 0.1) is 0 Å². The average Bonchev–Trinajstić information content (AvgIpc) is 3.39. The zero-order chi connectivity index (χ0) is 23.4. The van der Waals surface area contributed by atoms with E-state index in [-0.39, 0.29) is 30.9 Å². The standard InChI is InChI=1S/C25H28N2O6/c1-15(10-11-22(28)27-21-12-13-32-23(21)24(29)30)26-25(31)33-14-20-18-8-4-2-6-16(18)17-7-3-5-9-19(17)20/h2-9,15,20-21,23H,10-14H2,1H3,(H,26,31)(H,27,28)(H,29,30)/t15?,21-,23+/m0/s1. The normalized spacial score (nSPS) is 19.9. The molecule has 33 heavy (non-hydrogen) atoms. The first-order valence-corrected chi connectivity index (χ1v) is 11.2. The van der Waals surface area contributed by atoms with Crippen molar-refractivity contribution in [1.82, 2.24) is 10.6 Å². The molecular weight excluding hydrogens is 424 g/mol. The van der Waals surface area contributed by atoms with Gasteiger partial charge in [0.1, 0.15) is 6.61 Å². The van der Waals surface area contributed by atoms with Crippen LogP contribution in [0.5, 0.6) is 0 Å². The molecule has 1 fully saturated rings. The van der Waals surface area contributed by atoms with E-state index in [4.69, 9.17) is 14.6 Å². The van der Waals surface area contributed by atoms with Crippen molar-refractivity contribution in [2.24, 2.45) is 0 Å². The first kappa shape index (κ1) is 22.8. The Labute approximate surface area is 192 Å². The van der Waals surface area contributed by atoms with Gasteiger partial charge in [-0.2, -0.15) is 0 Å². The predicted octanol–water partition coefficient (Wildman–Crippen LogP) is 3.05. The van der Waals surface area contributed by atoms with E-state index in [1.807, 2.05) is 24.3 Å². The molecule has 0 bridgehead atoms. The number of hydrogen-bond acceptors (Lipinski definition) is 5. The number of carboxylic acids is 1. The first-order valence-electron chi connectivity index (χ1n) is 11.2. The van der Waals surface area contributed by atoms with Gasteiger partial charge in [-0.05, 0) is 42.0 Å². The number of ether oxygens (including phenoxy) is 2. The third-order valence-corrected chi connectivity index (χ3v) is 6.19. The molecule has 4 rings (SSSR count). The van der Waals surface area contributed by atoms with E-state index in [2.05, 4.69) is 34.9 Å². The number of aliphatic carboxylic acids is 1. The highest BCUT2D eigenvalue weighted by Crippen LogP contribution is 2.44. The molecule has 1 aliphatic carbocycles. The van der Waals surface area contributed by atoms with Gasteiger partial charge in [-0.3, -0.25) is 4.79 Å². The molecule has 0 spiro atoms. The molecule has 174 valence electrons. The van der Waals surface area contributed by atoms with Crippen LogP contribution in [0.2, 0.25) is 0 Å². The fraction of sp³-hybridized carbons (Fsp3) is 0.400. The van der Waals surface area contributed by atoms with E-state index in [0.29, 0.717) is 19.4 Å². The van der Waals surface area contributed by atoms with Crippen LogP contribution in [0.4, 0.5) is 4.79 Å². The smallest absolute Gasteiger partial charge is 0.407 e. The quantitative estimate of drug-likeness (QED) is 0.567. The minimum absolute atomic E-state index is 0.0138. The third kappa shape index (κ3) is 5.17. The van der Waals surface area contributed by atoms with Crippen LogP contribution < -0.4 is 10.6 Å². The number of nitrogens with one attached hydrogen (secondary N) is 2. The number of rotatable bonds is 8. The number of amides is 2. The Balaban J connectivity index is 1.23. The number of hydrogen-bond donors (Lipinski definition) is 3. The third-order valence-electron chi connectivity index (χ3n) is 6.19. The Kier molecular flexibility index (Phi) is 6.93. The van der Waals surface area contributed by atoms with Gasteiger partial charge in [-0.15, -0.1) is 0 Å². The summed E-state index contributed by atoms with van der Waals surface area (Å²) in [5.74, 6) is -1.36. The van der Waals surface area contributed by atoms with Crippen LogP contribution in [0.1, 0.15) is 43.2 Å². The van der Waals surface area contributed by atoms with Gasteiger partial charge in [0, 0.05) is 25.0 Å². The molecule has 0 aromatic heterocycles. The number of carboxylic acid groups (broad SMARTS) is 1. The van der Waals surface area contributed by atoms with Crippen molar-refractivity contribution in [3.05, 3.63) is 59.7 Å². The SMILES string of the molecule is CC(CCC(=O)N[C@H]1CCO[C@H]1C(=O)O)NC(=O)OCC1c2ccccc2-c2ccccc21. The maximum absolute atomic E-state index is 12.4. The second-order valence-corrected chi connectivity index (χ2v) is 8.50. The molecule has 2 aromatic carbocycles. The average molecular weight is 453 g/mol. The van der Waals surface area contributed by atoms with E-state index in [1.165, 1.54) is 11.1 Å². The van der Waals surface area contributed by atoms with E-state index < -0.39 is 24.2 Å². The largest absolute Gasteiger partial charge is 0.479 e. The van der Waals surface area contributed by atoms with Gasteiger partial charge in [0.25, 0.3) is 0 Å². The highest BCUT2D eigenvalue weighted by molar-refractivity contribution is 5.80. The molecule has 2 aromatic rings. The second-order valence-electron chi connectivity index (χ2n) is 8.50. The van der Waals surface area contributed by atoms with Crippen molar-refractivity contribution in [2.45, 2.75) is 50.3 Å². The maximum Gasteiger partial charge on any atom is 0.407 e.